The third kappa shape index (κ3) is 2.37. The third-order valence-electron chi connectivity index (χ3n) is 3.30. The topological polar surface area (TPSA) is 27.1 Å². The van der Waals surface area contributed by atoms with E-state index in [-0.39, 0.29) is 5.82 Å². The van der Waals surface area contributed by atoms with Crippen LogP contribution in [0.1, 0.15) is 12.5 Å². The van der Waals surface area contributed by atoms with E-state index in [1.807, 2.05) is 24.4 Å². The normalized spacial score (nSPS) is 10.9. The monoisotopic (exact) mass is 270 g/mol. The van der Waals surface area contributed by atoms with Gasteiger partial charge in [-0.2, -0.15) is 0 Å². The smallest absolute Gasteiger partial charge is 0.138 e. The summed E-state index contributed by atoms with van der Waals surface area (Å²) >= 11 is 0. The Kier molecular flexibility index (Phi) is 3.37. The van der Waals surface area contributed by atoms with Crippen molar-refractivity contribution in [1.82, 2.24) is 9.55 Å². The number of rotatable bonds is 4. The molecule has 0 fully saturated rings. The summed E-state index contributed by atoms with van der Waals surface area (Å²) < 4.78 is 21.2. The number of ether oxygens (including phenoxy) is 1. The molecule has 3 aromatic rings. The van der Waals surface area contributed by atoms with Gasteiger partial charge in [-0.3, -0.25) is 4.98 Å². The van der Waals surface area contributed by atoms with E-state index in [4.69, 9.17) is 4.74 Å². The Labute approximate surface area is 116 Å². The van der Waals surface area contributed by atoms with Crippen LogP contribution in [0.3, 0.4) is 0 Å². The van der Waals surface area contributed by atoms with E-state index >= 15 is 0 Å². The Balaban J connectivity index is 1.93. The van der Waals surface area contributed by atoms with Gasteiger partial charge in [0.25, 0.3) is 0 Å². The second-order valence-corrected chi connectivity index (χ2v) is 4.58. The van der Waals surface area contributed by atoms with Crippen molar-refractivity contribution < 1.29 is 9.13 Å². The predicted octanol–water partition coefficient (Wildman–Crippen LogP) is 3.77. The van der Waals surface area contributed by atoms with Crippen molar-refractivity contribution in [3.8, 4) is 5.75 Å². The van der Waals surface area contributed by atoms with Crippen LogP contribution in [0.5, 0.6) is 5.75 Å². The maximum absolute atomic E-state index is 13.4. The van der Waals surface area contributed by atoms with Gasteiger partial charge in [-0.25, -0.2) is 4.39 Å². The minimum atomic E-state index is -0.228. The molecule has 2 aromatic heterocycles. The Hall–Kier alpha value is -2.36. The average Bonchev–Trinajstić information content (AvgIpc) is 2.83. The van der Waals surface area contributed by atoms with Crippen LogP contribution in [-0.2, 0) is 13.2 Å². The molecule has 3 nitrogen and oxygen atoms in total. The summed E-state index contributed by atoms with van der Waals surface area (Å²) in [7, 11) is 0. The van der Waals surface area contributed by atoms with Crippen molar-refractivity contribution in [2.75, 3.05) is 0 Å². The molecule has 3 rings (SSSR count). The van der Waals surface area contributed by atoms with E-state index in [1.54, 1.807) is 18.5 Å². The summed E-state index contributed by atoms with van der Waals surface area (Å²) in [6.07, 6.45) is 5.38. The number of hydrogen-bond donors (Lipinski definition) is 0. The summed E-state index contributed by atoms with van der Waals surface area (Å²) in [4.78, 5) is 4.00. The molecule has 0 radical (unpaired) electrons. The Morgan fingerprint density at radius 3 is 2.95 bits per heavy atom. The van der Waals surface area contributed by atoms with Crippen LogP contribution in [-0.4, -0.2) is 9.55 Å². The van der Waals surface area contributed by atoms with Gasteiger partial charge in [-0.15, -0.1) is 0 Å². The van der Waals surface area contributed by atoms with Crippen LogP contribution in [0.2, 0.25) is 0 Å². The molecule has 102 valence electrons. The van der Waals surface area contributed by atoms with Crippen molar-refractivity contribution >= 4 is 10.9 Å². The number of aryl methyl sites for hydroxylation is 1. The molecule has 0 amide bonds. The summed E-state index contributed by atoms with van der Waals surface area (Å²) in [6.45, 7) is 3.31. The number of fused-ring (bicyclic) bond motifs is 1. The van der Waals surface area contributed by atoms with E-state index in [9.17, 15) is 4.39 Å². The van der Waals surface area contributed by atoms with Crippen LogP contribution in [0.15, 0.2) is 48.9 Å². The molecule has 0 saturated carbocycles. The van der Waals surface area contributed by atoms with Gasteiger partial charge in [-0.1, -0.05) is 0 Å². The first-order valence-electron chi connectivity index (χ1n) is 6.58. The first-order valence-corrected chi connectivity index (χ1v) is 6.58. The van der Waals surface area contributed by atoms with Gasteiger partial charge < -0.3 is 9.30 Å². The van der Waals surface area contributed by atoms with Gasteiger partial charge >= 0.3 is 0 Å². The lowest BCUT2D eigenvalue weighted by Crippen LogP contribution is -1.95. The molecule has 0 bridgehead atoms. The summed E-state index contributed by atoms with van der Waals surface area (Å²) in [5.74, 6) is 0.482. The predicted molar refractivity (Wildman–Crippen MR) is 76.1 cm³/mol. The van der Waals surface area contributed by atoms with Crippen LogP contribution in [0.25, 0.3) is 10.9 Å². The van der Waals surface area contributed by atoms with E-state index in [2.05, 4.69) is 16.5 Å². The fourth-order valence-electron chi connectivity index (χ4n) is 2.31. The van der Waals surface area contributed by atoms with Crippen molar-refractivity contribution in [3.63, 3.8) is 0 Å². The zero-order valence-corrected chi connectivity index (χ0v) is 11.2. The summed E-state index contributed by atoms with van der Waals surface area (Å²) in [5, 5.41) is 0.899. The van der Waals surface area contributed by atoms with E-state index < -0.39 is 0 Å². The fraction of sp³-hybridized carbons (Fsp3) is 0.188. The van der Waals surface area contributed by atoms with Crippen molar-refractivity contribution in [1.29, 1.82) is 0 Å². The molecule has 0 unspecified atom stereocenters. The zero-order valence-electron chi connectivity index (χ0n) is 11.2. The average molecular weight is 270 g/mol. The minimum absolute atomic E-state index is 0.228. The second-order valence-electron chi connectivity index (χ2n) is 4.58. The van der Waals surface area contributed by atoms with Crippen LogP contribution >= 0.6 is 0 Å². The van der Waals surface area contributed by atoms with Crippen LogP contribution in [0.4, 0.5) is 4.39 Å². The van der Waals surface area contributed by atoms with Gasteiger partial charge in [0.2, 0.25) is 0 Å². The van der Waals surface area contributed by atoms with Gasteiger partial charge in [0, 0.05) is 35.4 Å². The SMILES string of the molecule is CCn1cc(COc2cccnc2)c2cc(F)ccc21. The molecule has 2 heterocycles. The number of aromatic nitrogens is 2. The number of benzene rings is 1. The quantitative estimate of drug-likeness (QED) is 0.721. The number of hydrogen-bond acceptors (Lipinski definition) is 2. The molecule has 0 atom stereocenters. The van der Waals surface area contributed by atoms with Crippen LogP contribution < -0.4 is 4.74 Å². The molecule has 0 N–H and O–H groups in total. The highest BCUT2D eigenvalue weighted by Crippen LogP contribution is 2.24. The van der Waals surface area contributed by atoms with E-state index in [0.29, 0.717) is 12.4 Å². The lowest BCUT2D eigenvalue weighted by molar-refractivity contribution is 0.306. The highest BCUT2D eigenvalue weighted by molar-refractivity contribution is 5.84. The molecule has 0 saturated heterocycles. The lowest BCUT2D eigenvalue weighted by atomic mass is 10.2. The molecule has 4 heteroatoms. The minimum Gasteiger partial charge on any atom is -0.487 e. The lowest BCUT2D eigenvalue weighted by Gasteiger charge is -2.04. The number of pyridine rings is 1. The maximum Gasteiger partial charge on any atom is 0.138 e. The molecular formula is C16H15FN2O. The van der Waals surface area contributed by atoms with Gasteiger partial charge in [0.1, 0.15) is 18.2 Å². The maximum atomic E-state index is 13.4. The fourth-order valence-corrected chi connectivity index (χ4v) is 2.31. The van der Waals surface area contributed by atoms with E-state index in [1.165, 1.54) is 6.07 Å². The molecule has 0 aliphatic heterocycles. The van der Waals surface area contributed by atoms with Crippen molar-refractivity contribution in [2.45, 2.75) is 20.1 Å². The highest BCUT2D eigenvalue weighted by Gasteiger charge is 2.09. The molecular weight excluding hydrogens is 255 g/mol. The Bertz CT molecular complexity index is 722. The zero-order chi connectivity index (χ0) is 13.9. The number of nitrogens with zero attached hydrogens (tertiary/aromatic N) is 2. The highest BCUT2D eigenvalue weighted by atomic mass is 19.1. The molecule has 1 aromatic carbocycles. The first kappa shape index (κ1) is 12.7. The van der Waals surface area contributed by atoms with Crippen molar-refractivity contribution in [3.05, 3.63) is 60.3 Å². The summed E-state index contributed by atoms with van der Waals surface area (Å²) in [6, 6.07) is 8.53. The van der Waals surface area contributed by atoms with Gasteiger partial charge in [0.15, 0.2) is 0 Å². The standard InChI is InChI=1S/C16H15FN2O/c1-2-19-10-12(11-20-14-4-3-7-18-9-14)15-8-13(17)5-6-16(15)19/h3-10H,2,11H2,1H3. The first-order chi connectivity index (χ1) is 9.78. The molecule has 0 aliphatic carbocycles. The third-order valence-corrected chi connectivity index (χ3v) is 3.30. The van der Waals surface area contributed by atoms with Gasteiger partial charge in [-0.05, 0) is 37.3 Å². The van der Waals surface area contributed by atoms with Gasteiger partial charge in [0.05, 0.1) is 6.20 Å². The summed E-state index contributed by atoms with van der Waals surface area (Å²) in [5.41, 5.74) is 2.00. The molecule has 20 heavy (non-hydrogen) atoms. The van der Waals surface area contributed by atoms with Crippen molar-refractivity contribution in [2.24, 2.45) is 0 Å². The largest absolute Gasteiger partial charge is 0.487 e. The second kappa shape index (κ2) is 5.33. The molecule has 0 aliphatic rings. The van der Waals surface area contributed by atoms with Crippen LogP contribution in [0, 0.1) is 5.82 Å². The Morgan fingerprint density at radius 2 is 2.20 bits per heavy atom. The Morgan fingerprint density at radius 1 is 1.30 bits per heavy atom. The number of halogens is 1. The van der Waals surface area contributed by atoms with E-state index in [0.717, 1.165) is 23.0 Å². The molecule has 0 spiro atoms.